The normalized spacial score (nSPS) is 14.0. The SMILES string of the molecule is COc1cc2c(cc1O)Cc1cc3cc4c(cc3nc1-2)OCO4. The molecule has 5 rings (SSSR count). The molecule has 1 N–H and O–H groups in total. The second-order valence-corrected chi connectivity index (χ2v) is 5.75. The molecule has 2 aliphatic rings. The third-order valence-corrected chi connectivity index (χ3v) is 4.43. The van der Waals surface area contributed by atoms with Gasteiger partial charge in [-0.3, -0.25) is 0 Å². The number of rotatable bonds is 1. The number of benzene rings is 2. The van der Waals surface area contributed by atoms with Crippen LogP contribution in [0.25, 0.3) is 22.2 Å². The molecule has 0 spiro atoms. The Kier molecular flexibility index (Phi) is 2.34. The summed E-state index contributed by atoms with van der Waals surface area (Å²) in [6, 6.07) is 9.61. The smallest absolute Gasteiger partial charge is 0.231 e. The van der Waals surface area contributed by atoms with Gasteiger partial charge < -0.3 is 19.3 Å². The van der Waals surface area contributed by atoms with Gasteiger partial charge in [0.2, 0.25) is 6.79 Å². The fourth-order valence-corrected chi connectivity index (χ4v) is 3.32. The van der Waals surface area contributed by atoms with E-state index in [2.05, 4.69) is 6.07 Å². The van der Waals surface area contributed by atoms with Crippen molar-refractivity contribution in [3.05, 3.63) is 41.5 Å². The average Bonchev–Trinajstić information content (AvgIpc) is 3.12. The van der Waals surface area contributed by atoms with Crippen LogP contribution in [0, 0.1) is 0 Å². The monoisotopic (exact) mass is 307 g/mol. The zero-order chi connectivity index (χ0) is 15.6. The van der Waals surface area contributed by atoms with Gasteiger partial charge in [-0.1, -0.05) is 0 Å². The average molecular weight is 307 g/mol. The van der Waals surface area contributed by atoms with Gasteiger partial charge in [-0.2, -0.15) is 0 Å². The van der Waals surface area contributed by atoms with E-state index >= 15 is 0 Å². The quantitative estimate of drug-likeness (QED) is 0.585. The van der Waals surface area contributed by atoms with Crippen molar-refractivity contribution in [1.29, 1.82) is 0 Å². The van der Waals surface area contributed by atoms with Gasteiger partial charge in [-0.15, -0.1) is 0 Å². The number of nitrogens with zero attached hydrogens (tertiary/aromatic N) is 1. The summed E-state index contributed by atoms with van der Waals surface area (Å²) >= 11 is 0. The van der Waals surface area contributed by atoms with Crippen molar-refractivity contribution in [2.24, 2.45) is 0 Å². The van der Waals surface area contributed by atoms with Crippen LogP contribution in [0.1, 0.15) is 11.1 Å². The van der Waals surface area contributed by atoms with Crippen LogP contribution in [-0.2, 0) is 6.42 Å². The first-order valence-electron chi connectivity index (χ1n) is 7.36. The molecule has 1 aromatic heterocycles. The number of fused-ring (bicyclic) bond motifs is 5. The summed E-state index contributed by atoms with van der Waals surface area (Å²) < 4.78 is 16.1. The van der Waals surface area contributed by atoms with Crippen LogP contribution >= 0.6 is 0 Å². The maximum absolute atomic E-state index is 9.98. The predicted molar refractivity (Wildman–Crippen MR) is 84.3 cm³/mol. The first kappa shape index (κ1) is 12.6. The Bertz CT molecular complexity index is 981. The summed E-state index contributed by atoms with van der Waals surface area (Å²) in [5.41, 5.74) is 5.01. The molecule has 1 aliphatic heterocycles. The summed E-state index contributed by atoms with van der Waals surface area (Å²) in [4.78, 5) is 4.81. The molecule has 23 heavy (non-hydrogen) atoms. The molecule has 2 aromatic carbocycles. The zero-order valence-corrected chi connectivity index (χ0v) is 12.4. The molecule has 0 unspecified atom stereocenters. The molecule has 0 saturated heterocycles. The van der Waals surface area contributed by atoms with E-state index in [1.165, 1.54) is 0 Å². The number of ether oxygens (including phenoxy) is 3. The van der Waals surface area contributed by atoms with Gasteiger partial charge in [0.1, 0.15) is 0 Å². The van der Waals surface area contributed by atoms with Crippen LogP contribution in [0.15, 0.2) is 30.3 Å². The molecular weight excluding hydrogens is 294 g/mol. The highest BCUT2D eigenvalue weighted by molar-refractivity contribution is 5.89. The summed E-state index contributed by atoms with van der Waals surface area (Å²) in [5, 5.41) is 11.0. The van der Waals surface area contributed by atoms with Crippen molar-refractivity contribution >= 4 is 10.9 Å². The summed E-state index contributed by atoms with van der Waals surface area (Å²) in [6.07, 6.45) is 0.750. The second-order valence-electron chi connectivity index (χ2n) is 5.75. The van der Waals surface area contributed by atoms with Gasteiger partial charge in [0.05, 0.1) is 18.3 Å². The molecule has 0 amide bonds. The number of aromatic nitrogens is 1. The zero-order valence-electron chi connectivity index (χ0n) is 12.4. The molecule has 0 bridgehead atoms. The minimum Gasteiger partial charge on any atom is -0.504 e. The highest BCUT2D eigenvalue weighted by Crippen LogP contribution is 2.43. The second kappa shape index (κ2) is 4.29. The number of hydrogen-bond acceptors (Lipinski definition) is 5. The van der Waals surface area contributed by atoms with Crippen molar-refractivity contribution < 1.29 is 19.3 Å². The molecule has 0 fully saturated rings. The lowest BCUT2D eigenvalue weighted by molar-refractivity contribution is 0.174. The van der Waals surface area contributed by atoms with Gasteiger partial charge in [0.15, 0.2) is 23.0 Å². The van der Waals surface area contributed by atoms with Crippen LogP contribution in [0.2, 0.25) is 0 Å². The Hall–Kier alpha value is -2.95. The number of aromatic hydroxyl groups is 1. The molecule has 5 heteroatoms. The Morgan fingerprint density at radius 2 is 1.87 bits per heavy atom. The molecule has 114 valence electrons. The van der Waals surface area contributed by atoms with E-state index in [1.54, 1.807) is 13.2 Å². The van der Waals surface area contributed by atoms with E-state index < -0.39 is 0 Å². The van der Waals surface area contributed by atoms with E-state index in [-0.39, 0.29) is 12.5 Å². The minimum atomic E-state index is 0.157. The fraction of sp³-hybridized carbons (Fsp3) is 0.167. The van der Waals surface area contributed by atoms with E-state index in [0.29, 0.717) is 5.75 Å². The molecule has 0 radical (unpaired) electrons. The van der Waals surface area contributed by atoms with E-state index in [9.17, 15) is 5.11 Å². The summed E-state index contributed by atoms with van der Waals surface area (Å²) in [5.74, 6) is 2.11. The molecule has 5 nitrogen and oxygen atoms in total. The lowest BCUT2D eigenvalue weighted by Crippen LogP contribution is -1.92. The number of hydrogen-bond donors (Lipinski definition) is 1. The predicted octanol–water partition coefficient (Wildman–Crippen LogP) is 3.25. The van der Waals surface area contributed by atoms with Crippen molar-refractivity contribution in [3.63, 3.8) is 0 Å². The molecule has 1 aliphatic carbocycles. The maximum Gasteiger partial charge on any atom is 0.231 e. The topological polar surface area (TPSA) is 60.8 Å². The third-order valence-electron chi connectivity index (χ3n) is 4.43. The van der Waals surface area contributed by atoms with Crippen molar-refractivity contribution in [3.8, 4) is 34.3 Å². The van der Waals surface area contributed by atoms with Crippen molar-refractivity contribution in [1.82, 2.24) is 4.98 Å². The first-order chi connectivity index (χ1) is 11.2. The molecule has 3 aromatic rings. The van der Waals surface area contributed by atoms with Gasteiger partial charge in [0, 0.05) is 23.4 Å². The number of phenols is 1. The first-order valence-corrected chi connectivity index (χ1v) is 7.36. The highest BCUT2D eigenvalue weighted by Gasteiger charge is 2.24. The number of pyridine rings is 1. The van der Waals surface area contributed by atoms with E-state index in [0.717, 1.165) is 51.2 Å². The third kappa shape index (κ3) is 1.70. The van der Waals surface area contributed by atoms with Crippen LogP contribution < -0.4 is 14.2 Å². The summed E-state index contributed by atoms with van der Waals surface area (Å²) in [7, 11) is 1.55. The van der Waals surface area contributed by atoms with Crippen LogP contribution in [-0.4, -0.2) is 24.0 Å². The highest BCUT2D eigenvalue weighted by atomic mass is 16.7. The van der Waals surface area contributed by atoms with Crippen LogP contribution in [0.5, 0.6) is 23.0 Å². The Labute approximate surface area is 132 Å². The summed E-state index contributed by atoms with van der Waals surface area (Å²) in [6.45, 7) is 0.255. The van der Waals surface area contributed by atoms with Crippen LogP contribution in [0.4, 0.5) is 0 Å². The number of phenolic OH excluding ortho intramolecular Hbond substituents is 1. The lowest BCUT2D eigenvalue weighted by Gasteiger charge is -2.07. The Morgan fingerprint density at radius 3 is 2.70 bits per heavy atom. The fourth-order valence-electron chi connectivity index (χ4n) is 3.32. The largest absolute Gasteiger partial charge is 0.504 e. The molecule has 0 saturated carbocycles. The van der Waals surface area contributed by atoms with E-state index in [4.69, 9.17) is 19.2 Å². The van der Waals surface area contributed by atoms with Crippen molar-refractivity contribution in [2.75, 3.05) is 13.9 Å². The molecular formula is C18H13NO4. The van der Waals surface area contributed by atoms with Gasteiger partial charge in [-0.25, -0.2) is 4.98 Å². The minimum absolute atomic E-state index is 0.157. The Balaban J connectivity index is 1.75. The Morgan fingerprint density at radius 1 is 1.04 bits per heavy atom. The van der Waals surface area contributed by atoms with Gasteiger partial charge in [-0.05, 0) is 35.4 Å². The number of methoxy groups -OCH3 is 1. The lowest BCUT2D eigenvalue weighted by atomic mass is 10.1. The molecule has 2 heterocycles. The van der Waals surface area contributed by atoms with Gasteiger partial charge >= 0.3 is 0 Å². The van der Waals surface area contributed by atoms with Gasteiger partial charge in [0.25, 0.3) is 0 Å². The maximum atomic E-state index is 9.98. The standard InChI is InChI=1S/C18H13NO4/c1-21-15-6-12-9(4-14(15)20)2-11-3-10-5-16-17(23-8-22-16)7-13(10)19-18(11)12/h3-7,20H,2,8H2,1H3. The molecule has 0 atom stereocenters. The van der Waals surface area contributed by atoms with E-state index in [1.807, 2.05) is 18.2 Å². The van der Waals surface area contributed by atoms with Crippen LogP contribution in [0.3, 0.4) is 0 Å². The van der Waals surface area contributed by atoms with Crippen molar-refractivity contribution in [2.45, 2.75) is 6.42 Å².